The molecular formula is C15H21ClN2O2. The highest BCUT2D eigenvalue weighted by Gasteiger charge is 2.19. The van der Waals surface area contributed by atoms with E-state index in [2.05, 4.69) is 17.3 Å². The molecule has 0 radical (unpaired) electrons. The molecule has 1 saturated heterocycles. The maximum Gasteiger partial charge on any atom is 0.179 e. The molecule has 0 amide bonds. The number of nitrogens with one attached hydrogen (secondary N) is 1. The van der Waals surface area contributed by atoms with E-state index in [4.69, 9.17) is 21.1 Å². The van der Waals surface area contributed by atoms with E-state index in [1.54, 1.807) is 0 Å². The van der Waals surface area contributed by atoms with Gasteiger partial charge in [-0.3, -0.25) is 0 Å². The molecule has 2 aliphatic heterocycles. The van der Waals surface area contributed by atoms with Crippen molar-refractivity contribution in [3.8, 4) is 11.5 Å². The molecule has 1 aromatic carbocycles. The van der Waals surface area contributed by atoms with E-state index in [-0.39, 0.29) is 0 Å². The fourth-order valence-corrected chi connectivity index (χ4v) is 3.17. The highest BCUT2D eigenvalue weighted by atomic mass is 35.5. The van der Waals surface area contributed by atoms with Gasteiger partial charge in [0.2, 0.25) is 0 Å². The van der Waals surface area contributed by atoms with Gasteiger partial charge in [-0.15, -0.1) is 0 Å². The number of hydrogen-bond acceptors (Lipinski definition) is 4. The van der Waals surface area contributed by atoms with Crippen LogP contribution in [0.4, 0.5) is 0 Å². The first-order valence-corrected chi connectivity index (χ1v) is 7.57. The number of ether oxygens (including phenoxy) is 2. The van der Waals surface area contributed by atoms with Crippen LogP contribution in [-0.2, 0) is 6.54 Å². The minimum atomic E-state index is 0.569. The standard InChI is InChI=1S/C15H21ClN2O2/c1-18-3-2-11(10-18)8-17-9-12-6-13(16)15-14(7-12)19-4-5-20-15/h6-7,11,17H,2-5,8-10H2,1H3. The molecule has 0 saturated carbocycles. The average molecular weight is 297 g/mol. The minimum absolute atomic E-state index is 0.569. The van der Waals surface area contributed by atoms with Crippen molar-refractivity contribution >= 4 is 11.6 Å². The molecule has 0 aliphatic carbocycles. The number of hydrogen-bond donors (Lipinski definition) is 1. The monoisotopic (exact) mass is 296 g/mol. The summed E-state index contributed by atoms with van der Waals surface area (Å²) in [6, 6.07) is 3.98. The van der Waals surface area contributed by atoms with Crippen LogP contribution in [0.2, 0.25) is 5.02 Å². The maximum absolute atomic E-state index is 6.23. The summed E-state index contributed by atoms with van der Waals surface area (Å²) < 4.78 is 11.1. The van der Waals surface area contributed by atoms with E-state index < -0.39 is 0 Å². The Morgan fingerprint density at radius 3 is 3.00 bits per heavy atom. The lowest BCUT2D eigenvalue weighted by Crippen LogP contribution is -2.25. The number of nitrogens with zero attached hydrogens (tertiary/aromatic N) is 1. The predicted octanol–water partition coefficient (Wildman–Crippen LogP) is 2.15. The SMILES string of the molecule is CN1CCC(CNCc2cc(Cl)c3c(c2)OCCO3)C1. The van der Waals surface area contributed by atoms with Gasteiger partial charge in [0.15, 0.2) is 11.5 Å². The van der Waals surface area contributed by atoms with Gasteiger partial charge in [0, 0.05) is 13.1 Å². The molecule has 0 spiro atoms. The molecular weight excluding hydrogens is 276 g/mol. The minimum Gasteiger partial charge on any atom is -0.486 e. The Bertz CT molecular complexity index is 481. The van der Waals surface area contributed by atoms with E-state index in [1.165, 1.54) is 19.5 Å². The molecule has 1 unspecified atom stereocenters. The fourth-order valence-electron chi connectivity index (χ4n) is 2.88. The topological polar surface area (TPSA) is 33.7 Å². The number of fused-ring (bicyclic) bond motifs is 1. The van der Waals surface area contributed by atoms with Crippen LogP contribution >= 0.6 is 11.6 Å². The largest absolute Gasteiger partial charge is 0.486 e. The first-order valence-electron chi connectivity index (χ1n) is 7.19. The third-order valence-electron chi connectivity index (χ3n) is 3.91. The fraction of sp³-hybridized carbons (Fsp3) is 0.600. The summed E-state index contributed by atoms with van der Waals surface area (Å²) in [5.41, 5.74) is 1.14. The van der Waals surface area contributed by atoms with E-state index in [1.807, 2.05) is 12.1 Å². The first kappa shape index (κ1) is 14.0. The molecule has 3 rings (SSSR count). The summed E-state index contributed by atoms with van der Waals surface area (Å²) in [6.07, 6.45) is 1.28. The van der Waals surface area contributed by atoms with Crippen LogP contribution in [0.3, 0.4) is 0 Å². The Morgan fingerprint density at radius 1 is 1.35 bits per heavy atom. The second-order valence-electron chi connectivity index (χ2n) is 5.65. The van der Waals surface area contributed by atoms with Gasteiger partial charge in [-0.05, 0) is 50.2 Å². The number of rotatable bonds is 4. The number of likely N-dealkylation sites (tertiary alicyclic amines) is 1. The summed E-state index contributed by atoms with van der Waals surface area (Å²) in [4.78, 5) is 2.38. The van der Waals surface area contributed by atoms with Gasteiger partial charge in [0.1, 0.15) is 13.2 Å². The Kier molecular flexibility index (Phi) is 4.34. The number of halogens is 1. The summed E-state index contributed by atoms with van der Waals surface area (Å²) in [5.74, 6) is 2.20. The Labute approximate surface area is 125 Å². The molecule has 0 aromatic heterocycles. The third kappa shape index (κ3) is 3.19. The molecule has 1 N–H and O–H groups in total. The lowest BCUT2D eigenvalue weighted by Gasteiger charge is -2.20. The Morgan fingerprint density at radius 2 is 2.20 bits per heavy atom. The van der Waals surface area contributed by atoms with E-state index in [9.17, 15) is 0 Å². The highest BCUT2D eigenvalue weighted by Crippen LogP contribution is 2.38. The quantitative estimate of drug-likeness (QED) is 0.923. The Hall–Kier alpha value is -0.970. The van der Waals surface area contributed by atoms with Crippen molar-refractivity contribution in [1.29, 1.82) is 0 Å². The lowest BCUT2D eigenvalue weighted by atomic mass is 10.1. The van der Waals surface area contributed by atoms with E-state index in [0.29, 0.717) is 24.0 Å². The van der Waals surface area contributed by atoms with Crippen LogP contribution in [0, 0.1) is 5.92 Å². The second-order valence-corrected chi connectivity index (χ2v) is 6.06. The zero-order chi connectivity index (χ0) is 13.9. The van der Waals surface area contributed by atoms with Crippen molar-refractivity contribution < 1.29 is 9.47 Å². The molecule has 1 atom stereocenters. The van der Waals surface area contributed by atoms with Crippen molar-refractivity contribution in [2.75, 3.05) is 39.9 Å². The number of benzene rings is 1. The van der Waals surface area contributed by atoms with Crippen molar-refractivity contribution in [2.45, 2.75) is 13.0 Å². The van der Waals surface area contributed by atoms with Crippen LogP contribution < -0.4 is 14.8 Å². The van der Waals surface area contributed by atoms with Crippen molar-refractivity contribution in [2.24, 2.45) is 5.92 Å². The summed E-state index contributed by atoms with van der Waals surface area (Å²) >= 11 is 6.23. The summed E-state index contributed by atoms with van der Waals surface area (Å²) in [6.45, 7) is 5.43. The molecule has 1 fully saturated rings. The van der Waals surface area contributed by atoms with Gasteiger partial charge < -0.3 is 19.7 Å². The zero-order valence-electron chi connectivity index (χ0n) is 11.8. The van der Waals surface area contributed by atoms with Gasteiger partial charge in [0.25, 0.3) is 0 Å². The summed E-state index contributed by atoms with van der Waals surface area (Å²) in [5, 5.41) is 4.16. The smallest absolute Gasteiger partial charge is 0.179 e. The van der Waals surface area contributed by atoms with Crippen LogP contribution in [-0.4, -0.2) is 44.8 Å². The van der Waals surface area contributed by atoms with Crippen molar-refractivity contribution in [1.82, 2.24) is 10.2 Å². The maximum atomic E-state index is 6.23. The summed E-state index contributed by atoms with van der Waals surface area (Å²) in [7, 11) is 2.18. The van der Waals surface area contributed by atoms with E-state index >= 15 is 0 Å². The van der Waals surface area contributed by atoms with Gasteiger partial charge >= 0.3 is 0 Å². The van der Waals surface area contributed by atoms with Gasteiger partial charge in [-0.25, -0.2) is 0 Å². The molecule has 110 valence electrons. The zero-order valence-corrected chi connectivity index (χ0v) is 12.6. The molecule has 4 nitrogen and oxygen atoms in total. The molecule has 2 heterocycles. The molecule has 0 bridgehead atoms. The van der Waals surface area contributed by atoms with Gasteiger partial charge in [0.05, 0.1) is 5.02 Å². The first-order chi connectivity index (χ1) is 9.72. The van der Waals surface area contributed by atoms with Gasteiger partial charge in [-0.2, -0.15) is 0 Å². The van der Waals surface area contributed by atoms with Crippen LogP contribution in [0.15, 0.2) is 12.1 Å². The second kappa shape index (κ2) is 6.20. The lowest BCUT2D eigenvalue weighted by molar-refractivity contribution is 0.171. The molecule has 20 heavy (non-hydrogen) atoms. The Balaban J connectivity index is 1.56. The molecule has 5 heteroatoms. The predicted molar refractivity (Wildman–Crippen MR) is 79.8 cm³/mol. The van der Waals surface area contributed by atoms with Crippen LogP contribution in [0.1, 0.15) is 12.0 Å². The molecule has 2 aliphatic rings. The third-order valence-corrected chi connectivity index (χ3v) is 4.19. The van der Waals surface area contributed by atoms with Gasteiger partial charge in [-0.1, -0.05) is 11.6 Å². The normalized spacial score (nSPS) is 22.2. The molecule has 1 aromatic rings. The average Bonchev–Trinajstić information content (AvgIpc) is 2.85. The van der Waals surface area contributed by atoms with Crippen molar-refractivity contribution in [3.05, 3.63) is 22.7 Å². The van der Waals surface area contributed by atoms with Crippen molar-refractivity contribution in [3.63, 3.8) is 0 Å². The van der Waals surface area contributed by atoms with Crippen LogP contribution in [0.5, 0.6) is 11.5 Å². The highest BCUT2D eigenvalue weighted by molar-refractivity contribution is 6.32. The van der Waals surface area contributed by atoms with Crippen LogP contribution in [0.25, 0.3) is 0 Å². The van der Waals surface area contributed by atoms with E-state index in [0.717, 1.165) is 30.3 Å².